The van der Waals surface area contributed by atoms with Crippen molar-refractivity contribution in [3.63, 3.8) is 0 Å². The minimum atomic E-state index is -3.91. The van der Waals surface area contributed by atoms with Gasteiger partial charge in [-0.1, -0.05) is 31.4 Å². The van der Waals surface area contributed by atoms with Gasteiger partial charge < -0.3 is 10.1 Å². The average Bonchev–Trinajstić information content (AvgIpc) is 2.78. The number of hydrogen-bond donors (Lipinski definition) is 1. The number of sulfonamides is 1. The van der Waals surface area contributed by atoms with E-state index in [0.29, 0.717) is 13.0 Å². The third-order valence-electron chi connectivity index (χ3n) is 5.60. The Hall–Kier alpha value is -2.45. The summed E-state index contributed by atoms with van der Waals surface area (Å²) >= 11 is 0. The van der Waals surface area contributed by atoms with Crippen molar-refractivity contribution >= 4 is 15.9 Å². The number of methoxy groups -OCH3 is 1. The second-order valence-electron chi connectivity index (χ2n) is 7.74. The summed E-state index contributed by atoms with van der Waals surface area (Å²) in [7, 11) is -2.30. The van der Waals surface area contributed by atoms with Crippen molar-refractivity contribution in [3.8, 4) is 5.75 Å². The van der Waals surface area contributed by atoms with E-state index in [0.717, 1.165) is 55.5 Å². The molecular formula is C23H29FN2O4S. The van der Waals surface area contributed by atoms with E-state index in [9.17, 15) is 17.6 Å². The maximum Gasteiger partial charge on any atom is 0.243 e. The number of rotatable bonds is 9. The molecule has 2 aromatic rings. The zero-order valence-corrected chi connectivity index (χ0v) is 18.5. The lowest BCUT2D eigenvalue weighted by atomic mass is 9.95. The predicted octanol–water partition coefficient (Wildman–Crippen LogP) is 3.52. The van der Waals surface area contributed by atoms with E-state index in [1.807, 2.05) is 24.3 Å². The maximum absolute atomic E-state index is 13.3. The summed E-state index contributed by atoms with van der Waals surface area (Å²) in [5, 5.41) is 2.83. The Morgan fingerprint density at radius 1 is 1.06 bits per heavy atom. The first-order valence-corrected chi connectivity index (χ1v) is 12.0. The van der Waals surface area contributed by atoms with Crippen LogP contribution >= 0.6 is 0 Å². The zero-order valence-electron chi connectivity index (χ0n) is 17.7. The largest absolute Gasteiger partial charge is 0.497 e. The molecule has 6 nitrogen and oxygen atoms in total. The fourth-order valence-corrected chi connectivity index (χ4v) is 5.50. The Kier molecular flexibility index (Phi) is 8.03. The predicted molar refractivity (Wildman–Crippen MR) is 117 cm³/mol. The van der Waals surface area contributed by atoms with Crippen molar-refractivity contribution in [2.45, 2.75) is 49.5 Å². The number of ether oxygens (including phenoxy) is 1. The van der Waals surface area contributed by atoms with Crippen LogP contribution in [0.15, 0.2) is 53.4 Å². The summed E-state index contributed by atoms with van der Waals surface area (Å²) in [5.74, 6) is -0.0777. The molecule has 0 unspecified atom stereocenters. The van der Waals surface area contributed by atoms with Crippen molar-refractivity contribution in [1.82, 2.24) is 9.62 Å². The van der Waals surface area contributed by atoms with E-state index >= 15 is 0 Å². The van der Waals surface area contributed by atoms with Gasteiger partial charge in [-0.15, -0.1) is 0 Å². The van der Waals surface area contributed by atoms with Crippen LogP contribution in [0, 0.1) is 5.82 Å². The molecule has 0 atom stereocenters. The van der Waals surface area contributed by atoms with Gasteiger partial charge in [0.15, 0.2) is 0 Å². The van der Waals surface area contributed by atoms with Gasteiger partial charge in [0.05, 0.1) is 18.6 Å². The van der Waals surface area contributed by atoms with Crippen molar-refractivity contribution in [3.05, 3.63) is 59.9 Å². The molecular weight excluding hydrogens is 419 g/mol. The first-order chi connectivity index (χ1) is 14.9. The van der Waals surface area contributed by atoms with Crippen LogP contribution in [0.25, 0.3) is 0 Å². The second-order valence-corrected chi connectivity index (χ2v) is 9.63. The number of carbonyl (C=O) groups is 1. The van der Waals surface area contributed by atoms with Gasteiger partial charge in [0.1, 0.15) is 11.6 Å². The van der Waals surface area contributed by atoms with Crippen LogP contribution in [0.1, 0.15) is 37.7 Å². The summed E-state index contributed by atoms with van der Waals surface area (Å²) < 4.78 is 46.2. The molecule has 168 valence electrons. The van der Waals surface area contributed by atoms with Gasteiger partial charge in [-0.3, -0.25) is 4.79 Å². The van der Waals surface area contributed by atoms with Crippen LogP contribution in [0.5, 0.6) is 5.75 Å². The highest BCUT2D eigenvalue weighted by Gasteiger charge is 2.33. The van der Waals surface area contributed by atoms with Crippen molar-refractivity contribution in [2.75, 3.05) is 20.2 Å². The third kappa shape index (κ3) is 6.27. The summed E-state index contributed by atoms with van der Waals surface area (Å²) in [6.45, 7) is 0.160. The molecule has 2 aromatic carbocycles. The lowest BCUT2D eigenvalue weighted by molar-refractivity contribution is -0.121. The number of nitrogens with one attached hydrogen (secondary N) is 1. The average molecular weight is 449 g/mol. The molecule has 0 heterocycles. The quantitative estimate of drug-likeness (QED) is 0.637. The van der Waals surface area contributed by atoms with Crippen LogP contribution in [-0.4, -0.2) is 44.9 Å². The monoisotopic (exact) mass is 448 g/mol. The number of carbonyl (C=O) groups excluding carboxylic acids is 1. The summed E-state index contributed by atoms with van der Waals surface area (Å²) in [6.07, 6.45) is 5.00. The van der Waals surface area contributed by atoms with Crippen LogP contribution in [0.2, 0.25) is 0 Å². The van der Waals surface area contributed by atoms with E-state index in [1.54, 1.807) is 7.11 Å². The molecule has 1 N–H and O–H groups in total. The smallest absolute Gasteiger partial charge is 0.243 e. The molecule has 0 saturated heterocycles. The van der Waals surface area contributed by atoms with Gasteiger partial charge >= 0.3 is 0 Å². The van der Waals surface area contributed by atoms with Crippen LogP contribution in [0.4, 0.5) is 4.39 Å². The molecule has 0 radical (unpaired) electrons. The van der Waals surface area contributed by atoms with Crippen molar-refractivity contribution < 1.29 is 22.3 Å². The van der Waals surface area contributed by atoms with E-state index in [2.05, 4.69) is 5.32 Å². The lowest BCUT2D eigenvalue weighted by Crippen LogP contribution is -2.47. The zero-order chi connectivity index (χ0) is 22.3. The molecule has 1 amide bonds. The Morgan fingerprint density at radius 3 is 2.32 bits per heavy atom. The van der Waals surface area contributed by atoms with Crippen LogP contribution in [-0.2, 0) is 21.2 Å². The minimum Gasteiger partial charge on any atom is -0.497 e. The Morgan fingerprint density at radius 2 is 1.71 bits per heavy atom. The first-order valence-electron chi connectivity index (χ1n) is 10.6. The highest BCUT2D eigenvalue weighted by atomic mass is 32.2. The van der Waals surface area contributed by atoms with E-state index in [1.165, 1.54) is 16.4 Å². The molecule has 1 saturated carbocycles. The summed E-state index contributed by atoms with van der Waals surface area (Å²) in [5.41, 5.74) is 1.05. The highest BCUT2D eigenvalue weighted by molar-refractivity contribution is 7.89. The number of benzene rings is 2. The third-order valence-corrected chi connectivity index (χ3v) is 7.51. The van der Waals surface area contributed by atoms with Gasteiger partial charge in [0.2, 0.25) is 15.9 Å². The molecule has 1 fully saturated rings. The topological polar surface area (TPSA) is 75.7 Å². The molecule has 1 aliphatic carbocycles. The van der Waals surface area contributed by atoms with Gasteiger partial charge in [0, 0.05) is 12.6 Å². The molecule has 1 aliphatic rings. The molecule has 0 aromatic heterocycles. The number of nitrogens with zero attached hydrogens (tertiary/aromatic N) is 1. The van der Waals surface area contributed by atoms with E-state index < -0.39 is 15.8 Å². The highest BCUT2D eigenvalue weighted by Crippen LogP contribution is 2.27. The Bertz CT molecular complexity index is 956. The number of hydrogen-bond acceptors (Lipinski definition) is 4. The number of halogens is 1. The van der Waals surface area contributed by atoms with Gasteiger partial charge in [-0.2, -0.15) is 4.31 Å². The molecule has 0 aliphatic heterocycles. The summed E-state index contributed by atoms with van der Waals surface area (Å²) in [4.78, 5) is 12.6. The van der Waals surface area contributed by atoms with E-state index in [-0.39, 0.29) is 23.4 Å². The molecule has 0 bridgehead atoms. The van der Waals surface area contributed by atoms with Crippen molar-refractivity contribution in [2.24, 2.45) is 0 Å². The molecule has 8 heteroatoms. The fraction of sp³-hybridized carbons (Fsp3) is 0.435. The maximum atomic E-state index is 13.3. The normalized spacial score (nSPS) is 15.1. The molecule has 3 rings (SSSR count). The fourth-order valence-electron chi connectivity index (χ4n) is 3.86. The standard InChI is InChI=1S/C23H29FN2O4S/c1-30-21-11-7-18(8-12-21)15-16-25-23(27)17-26(20-5-3-2-4-6-20)31(28,29)22-13-9-19(24)10-14-22/h7-14,20H,2-6,15-17H2,1H3,(H,25,27). The minimum absolute atomic E-state index is 0.00510. The van der Waals surface area contributed by atoms with Crippen LogP contribution in [0.3, 0.4) is 0 Å². The Labute approximate surface area is 183 Å². The Balaban J connectivity index is 1.66. The van der Waals surface area contributed by atoms with Crippen molar-refractivity contribution in [1.29, 1.82) is 0 Å². The number of amides is 1. The first kappa shape index (κ1) is 23.2. The SMILES string of the molecule is COc1ccc(CCNC(=O)CN(C2CCCCC2)S(=O)(=O)c2ccc(F)cc2)cc1. The molecule has 0 spiro atoms. The molecule has 31 heavy (non-hydrogen) atoms. The van der Waals surface area contributed by atoms with E-state index in [4.69, 9.17) is 4.74 Å². The van der Waals surface area contributed by atoms with Gasteiger partial charge in [-0.25, -0.2) is 12.8 Å². The second kappa shape index (κ2) is 10.7. The summed E-state index contributed by atoms with van der Waals surface area (Å²) in [6, 6.07) is 12.1. The van der Waals surface area contributed by atoms with Gasteiger partial charge in [0.25, 0.3) is 0 Å². The lowest BCUT2D eigenvalue weighted by Gasteiger charge is -2.33. The van der Waals surface area contributed by atoms with Gasteiger partial charge in [-0.05, 0) is 61.2 Å². The van der Waals surface area contributed by atoms with Crippen LogP contribution < -0.4 is 10.1 Å².